The number of benzene rings is 5. The largest absolute Gasteiger partial charge is 0.302 e. The minimum absolute atomic E-state index is 0.372. The summed E-state index contributed by atoms with van der Waals surface area (Å²) in [6.45, 7) is 54.7. The topological polar surface area (TPSA) is 16.2 Å². The molecule has 5 aromatic carbocycles. The summed E-state index contributed by atoms with van der Waals surface area (Å²) >= 11 is 0. The minimum Gasteiger partial charge on any atom is -0.302 e. The zero-order chi connectivity index (χ0) is 70.2. The van der Waals surface area contributed by atoms with E-state index in [1.807, 2.05) is 0 Å². The van der Waals surface area contributed by atoms with Gasteiger partial charge in [-0.3, -0.25) is 19.6 Å². The van der Waals surface area contributed by atoms with Crippen LogP contribution in [0.4, 0.5) is 0 Å². The Morgan fingerprint density at radius 2 is 0.876 bits per heavy atom. The highest BCUT2D eigenvalue weighted by Gasteiger charge is 2.64. The van der Waals surface area contributed by atoms with Crippen LogP contribution >= 0.6 is 0 Å². The van der Waals surface area contributed by atoms with Gasteiger partial charge in [0.1, 0.15) is 0 Å². The first-order valence-corrected chi connectivity index (χ1v) is 40.7. The second-order valence-corrected chi connectivity index (χ2v) is 32.5. The third-order valence-corrected chi connectivity index (χ3v) is 22.9. The quantitative estimate of drug-likeness (QED) is 0.0360. The fraction of sp³-hybridized carbons (Fsp3) is 0.663. The Hall–Kier alpha value is -4.10. The molecule has 1 fully saturated rings. The van der Waals surface area contributed by atoms with Crippen molar-refractivity contribution in [3.05, 3.63) is 183 Å². The molecule has 0 amide bonds. The molecule has 0 bridgehead atoms. The van der Waals surface area contributed by atoms with Gasteiger partial charge >= 0.3 is 0 Å². The lowest BCUT2D eigenvalue weighted by atomic mass is 9.39. The van der Waals surface area contributed by atoms with Crippen molar-refractivity contribution in [2.24, 2.45) is 35.0 Å². The molecular weight excluding hydrogens is 1180 g/mol. The van der Waals surface area contributed by atoms with Gasteiger partial charge in [0.15, 0.2) is 0 Å². The molecule has 1 saturated carbocycles. The number of nitrogens with zero attached hydrogens (tertiary/aromatic N) is 5. The number of hydrogen-bond donors (Lipinski definition) is 0. The Morgan fingerprint density at radius 1 is 0.412 bits per heavy atom. The van der Waals surface area contributed by atoms with E-state index in [1.54, 1.807) is 11.5 Å². The Balaban J connectivity index is 1.81. The highest BCUT2D eigenvalue weighted by atomic mass is 15.1. The second-order valence-electron chi connectivity index (χ2n) is 32.5. The molecule has 0 N–H and O–H groups in total. The van der Waals surface area contributed by atoms with Gasteiger partial charge in [0.05, 0.1) is 0 Å². The Morgan fingerprint density at radius 3 is 1.42 bits per heavy atom. The first kappa shape index (κ1) is 81.9. The van der Waals surface area contributed by atoms with E-state index in [-0.39, 0.29) is 5.41 Å². The standard InChI is InChI=1S/C92H148N5/c1-18-26-30-31-58-93(17)68-80-38-32-37-79(63-80)62-77(15)47-50-89(85-43-33-39-81(64-85)72-96(60-28-20-3)61-29-21-4)92(56-53-76(13)14,88-46-36-42-84(67-88)73-97(57-22-5)69-78-48-49-78)90(16,54-51-74(9)10)91(55-52-75(11)12,86-44-34-40-82(65-86)70-94(23-6)24-7)87-45-35-41-83(66-87)71-95(25-8)59-27-19-2/h32-46,63-67,74-78H,18-31,47-62,68-73H2,1-17H3. The lowest BCUT2D eigenvalue weighted by molar-refractivity contribution is 0.0225. The van der Waals surface area contributed by atoms with Gasteiger partial charge < -0.3 is 4.90 Å². The van der Waals surface area contributed by atoms with Gasteiger partial charge in [0.25, 0.3) is 0 Å². The zero-order valence-corrected chi connectivity index (χ0v) is 66.1. The molecule has 541 valence electrons. The van der Waals surface area contributed by atoms with Gasteiger partial charge in [0, 0.05) is 56.0 Å². The fourth-order valence-electron chi connectivity index (χ4n) is 16.8. The minimum atomic E-state index is -0.434. The number of unbranched alkanes of at least 4 members (excludes halogenated alkanes) is 6. The third-order valence-electron chi connectivity index (χ3n) is 22.9. The van der Waals surface area contributed by atoms with Crippen LogP contribution in [0.2, 0.25) is 0 Å². The smallest absolute Gasteiger partial charge is 0.0265 e. The molecule has 1 radical (unpaired) electrons. The maximum atomic E-state index is 2.94. The van der Waals surface area contributed by atoms with E-state index in [1.165, 1.54) is 140 Å². The maximum absolute atomic E-state index is 2.94. The predicted molar refractivity (Wildman–Crippen MR) is 426 cm³/mol. The van der Waals surface area contributed by atoms with E-state index in [0.717, 1.165) is 149 Å². The number of hydrogen-bond acceptors (Lipinski definition) is 5. The molecule has 4 atom stereocenters. The fourth-order valence-corrected chi connectivity index (χ4v) is 16.8. The van der Waals surface area contributed by atoms with Crippen molar-refractivity contribution < 1.29 is 0 Å². The van der Waals surface area contributed by atoms with Gasteiger partial charge in [-0.15, -0.1) is 0 Å². The second kappa shape index (κ2) is 43.0. The molecule has 0 spiro atoms. The summed E-state index contributed by atoms with van der Waals surface area (Å²) in [7, 11) is 2.33. The highest BCUT2D eigenvalue weighted by molar-refractivity contribution is 5.55. The van der Waals surface area contributed by atoms with Crippen molar-refractivity contribution in [1.82, 2.24) is 24.5 Å². The van der Waals surface area contributed by atoms with Crippen LogP contribution in [0.5, 0.6) is 0 Å². The monoisotopic (exact) mass is 1320 g/mol. The van der Waals surface area contributed by atoms with Crippen molar-refractivity contribution in [3.63, 3.8) is 0 Å². The molecule has 0 saturated heterocycles. The maximum Gasteiger partial charge on any atom is 0.0265 e. The molecule has 6 rings (SSSR count). The normalized spacial score (nSPS) is 15.3. The van der Waals surface area contributed by atoms with Crippen molar-refractivity contribution in [3.8, 4) is 0 Å². The van der Waals surface area contributed by atoms with Gasteiger partial charge in [-0.05, 0) is 240 Å². The molecule has 5 heteroatoms. The Labute approximate surface area is 600 Å². The summed E-state index contributed by atoms with van der Waals surface area (Å²) in [6, 6.07) is 51.6. The van der Waals surface area contributed by atoms with Crippen LogP contribution < -0.4 is 0 Å². The SMILES string of the molecule is CCCCCCN(C)Cc1cccc(CC(C)CC[C](c2cccc(CN(CCCC)CCCC)c2)C(CCC(C)C)(c2cccc(CN(CCC)CC3CC3)c2)C(C)(CCC(C)C)C(CCC(C)C)(c2cccc(CN(CC)CC)c2)c2cccc(CN(CC)CCCC)c2)c1. The van der Waals surface area contributed by atoms with Crippen molar-refractivity contribution in [2.45, 2.75) is 296 Å². The number of rotatable bonds is 52. The van der Waals surface area contributed by atoms with Crippen LogP contribution in [0, 0.1) is 40.9 Å². The van der Waals surface area contributed by atoms with E-state index >= 15 is 0 Å². The van der Waals surface area contributed by atoms with E-state index in [0.29, 0.717) is 23.7 Å². The van der Waals surface area contributed by atoms with Gasteiger partial charge in [0.2, 0.25) is 0 Å². The molecule has 0 heterocycles. The van der Waals surface area contributed by atoms with Crippen LogP contribution in [-0.4, -0.2) is 90.5 Å². The molecule has 0 aliphatic heterocycles. The van der Waals surface area contributed by atoms with Crippen LogP contribution in [-0.2, 0) is 50.0 Å². The molecule has 5 aromatic rings. The summed E-state index contributed by atoms with van der Waals surface area (Å²) < 4.78 is 0. The van der Waals surface area contributed by atoms with Crippen molar-refractivity contribution in [1.29, 1.82) is 0 Å². The van der Waals surface area contributed by atoms with Crippen molar-refractivity contribution >= 4 is 0 Å². The van der Waals surface area contributed by atoms with Crippen LogP contribution in [0.25, 0.3) is 0 Å². The molecule has 1 aliphatic carbocycles. The molecule has 0 aromatic heterocycles. The zero-order valence-electron chi connectivity index (χ0n) is 66.1. The first-order valence-electron chi connectivity index (χ1n) is 40.7. The average molecular weight is 1320 g/mol. The molecular formula is C92H148N5. The Kier molecular flexibility index (Phi) is 36.3. The van der Waals surface area contributed by atoms with Crippen LogP contribution in [0.3, 0.4) is 0 Å². The molecule has 1 aliphatic rings. The van der Waals surface area contributed by atoms with Crippen molar-refractivity contribution in [2.75, 3.05) is 66.0 Å². The summed E-state index contributed by atoms with van der Waals surface area (Å²) in [4.78, 5) is 13.6. The summed E-state index contributed by atoms with van der Waals surface area (Å²) in [5.74, 6) is 4.53. The van der Waals surface area contributed by atoms with E-state index in [4.69, 9.17) is 0 Å². The van der Waals surface area contributed by atoms with Crippen LogP contribution in [0.15, 0.2) is 121 Å². The highest BCUT2D eigenvalue weighted by Crippen LogP contribution is 2.68. The predicted octanol–water partition coefficient (Wildman–Crippen LogP) is 24.0. The molecule has 4 unspecified atom stereocenters. The summed E-state index contributed by atoms with van der Waals surface area (Å²) in [5, 5.41) is 0. The lowest BCUT2D eigenvalue weighted by Gasteiger charge is -2.64. The molecule has 5 nitrogen and oxygen atoms in total. The third kappa shape index (κ3) is 24.8. The van der Waals surface area contributed by atoms with Gasteiger partial charge in [-0.1, -0.05) is 283 Å². The van der Waals surface area contributed by atoms with Crippen LogP contribution in [0.1, 0.15) is 301 Å². The van der Waals surface area contributed by atoms with E-state index < -0.39 is 10.8 Å². The summed E-state index contributed by atoms with van der Waals surface area (Å²) in [5.41, 5.74) is 13.7. The molecule has 97 heavy (non-hydrogen) atoms. The lowest BCUT2D eigenvalue weighted by Crippen LogP contribution is -2.60. The van der Waals surface area contributed by atoms with Gasteiger partial charge in [-0.2, -0.15) is 0 Å². The van der Waals surface area contributed by atoms with E-state index in [9.17, 15) is 0 Å². The van der Waals surface area contributed by atoms with Gasteiger partial charge in [-0.25, -0.2) is 0 Å². The Bertz CT molecular complexity index is 2910. The van der Waals surface area contributed by atoms with E-state index in [2.05, 4.69) is 264 Å². The first-order chi connectivity index (χ1) is 46.8. The average Bonchev–Trinajstić information content (AvgIpc) is 1.60. The summed E-state index contributed by atoms with van der Waals surface area (Å²) in [6.07, 6.45) is 26.4.